The van der Waals surface area contributed by atoms with Crippen LogP contribution in [0.25, 0.3) is 11.6 Å². The number of H-pyrrole nitrogens is 1. The third-order valence-electron chi connectivity index (χ3n) is 1.48. The molecule has 2 aromatic rings. The molecule has 0 aliphatic rings. The van der Waals surface area contributed by atoms with Crippen LogP contribution in [0.15, 0.2) is 22.9 Å². The van der Waals surface area contributed by atoms with Crippen LogP contribution in [0.1, 0.15) is 10.5 Å². The normalized spacial score (nSPS) is 10.2. The van der Waals surface area contributed by atoms with Gasteiger partial charge in [-0.3, -0.25) is 9.89 Å². The number of nitrogens with one attached hydrogen (secondary N) is 1. The summed E-state index contributed by atoms with van der Waals surface area (Å²) in [4.78, 5) is 14.5. The molecule has 6 heteroatoms. The largest absolute Gasteiger partial charge is 0.442 e. The fourth-order valence-electron chi connectivity index (χ4n) is 0.884. The predicted molar refractivity (Wildman–Crippen MR) is 42.6 cm³/mol. The van der Waals surface area contributed by atoms with E-state index in [4.69, 9.17) is 10.2 Å². The molecule has 6 nitrogen and oxygen atoms in total. The van der Waals surface area contributed by atoms with Crippen molar-refractivity contribution in [2.45, 2.75) is 0 Å². The number of nitrogens with two attached hydrogens (primary N) is 1. The van der Waals surface area contributed by atoms with Gasteiger partial charge in [0.05, 0.1) is 0 Å². The average Bonchev–Trinajstić information content (AvgIpc) is 2.75. The summed E-state index contributed by atoms with van der Waals surface area (Å²) < 4.78 is 4.98. The molecule has 2 heterocycles. The molecule has 0 aliphatic heterocycles. The number of nitrogens with zero attached hydrogens (tertiary/aromatic N) is 2. The summed E-state index contributed by atoms with van der Waals surface area (Å²) in [6, 6.07) is 1.68. The molecule has 0 bridgehead atoms. The van der Waals surface area contributed by atoms with Crippen LogP contribution >= 0.6 is 0 Å². The number of primary amides is 1. The number of oxazole rings is 1. The van der Waals surface area contributed by atoms with Gasteiger partial charge in [-0.2, -0.15) is 5.10 Å². The Bertz CT molecular complexity index is 417. The lowest BCUT2D eigenvalue weighted by Crippen LogP contribution is -2.10. The first-order valence-corrected chi connectivity index (χ1v) is 3.53. The van der Waals surface area contributed by atoms with E-state index < -0.39 is 5.91 Å². The van der Waals surface area contributed by atoms with Crippen molar-refractivity contribution in [1.29, 1.82) is 0 Å². The second-order valence-electron chi connectivity index (χ2n) is 2.36. The molecule has 0 aliphatic carbocycles. The van der Waals surface area contributed by atoms with Gasteiger partial charge in [-0.1, -0.05) is 0 Å². The van der Waals surface area contributed by atoms with Gasteiger partial charge in [0.15, 0.2) is 5.69 Å². The Morgan fingerprint density at radius 1 is 1.62 bits per heavy atom. The van der Waals surface area contributed by atoms with Crippen molar-refractivity contribution in [2.75, 3.05) is 0 Å². The van der Waals surface area contributed by atoms with E-state index in [2.05, 4.69) is 15.2 Å². The number of hydrogen-bond acceptors (Lipinski definition) is 4. The Balaban J connectivity index is 2.39. The van der Waals surface area contributed by atoms with Crippen LogP contribution in [0, 0.1) is 0 Å². The summed E-state index contributed by atoms with van der Waals surface area (Å²) >= 11 is 0. The van der Waals surface area contributed by atoms with E-state index in [-0.39, 0.29) is 11.6 Å². The van der Waals surface area contributed by atoms with Crippen LogP contribution in [-0.2, 0) is 0 Å². The molecule has 66 valence electrons. The first-order valence-electron chi connectivity index (χ1n) is 3.53. The van der Waals surface area contributed by atoms with Crippen molar-refractivity contribution in [1.82, 2.24) is 15.2 Å². The Morgan fingerprint density at radius 3 is 3.00 bits per heavy atom. The molecule has 1 amide bonds. The van der Waals surface area contributed by atoms with E-state index >= 15 is 0 Å². The monoisotopic (exact) mass is 178 g/mol. The Hall–Kier alpha value is -2.11. The third kappa shape index (κ3) is 1.28. The van der Waals surface area contributed by atoms with Crippen LogP contribution in [0.5, 0.6) is 0 Å². The molecule has 0 atom stereocenters. The lowest BCUT2D eigenvalue weighted by molar-refractivity contribution is 0.0995. The third-order valence-corrected chi connectivity index (χ3v) is 1.48. The molecule has 2 aromatic heterocycles. The van der Waals surface area contributed by atoms with Gasteiger partial charge in [0.2, 0.25) is 5.89 Å². The smallest absolute Gasteiger partial charge is 0.270 e. The SMILES string of the molecule is NC(=O)c1coc(-c2cc[nH]n2)n1. The minimum atomic E-state index is -0.620. The zero-order valence-corrected chi connectivity index (χ0v) is 6.52. The highest BCUT2D eigenvalue weighted by atomic mass is 16.3. The van der Waals surface area contributed by atoms with Crippen LogP contribution in [0.4, 0.5) is 0 Å². The van der Waals surface area contributed by atoms with Crippen LogP contribution < -0.4 is 5.73 Å². The summed E-state index contributed by atoms with van der Waals surface area (Å²) in [7, 11) is 0. The molecule has 0 saturated carbocycles. The van der Waals surface area contributed by atoms with Gasteiger partial charge in [0.1, 0.15) is 12.0 Å². The summed E-state index contributed by atoms with van der Waals surface area (Å²) in [6.45, 7) is 0. The van der Waals surface area contributed by atoms with Crippen LogP contribution in [0.3, 0.4) is 0 Å². The van der Waals surface area contributed by atoms with Gasteiger partial charge in [-0.15, -0.1) is 0 Å². The summed E-state index contributed by atoms with van der Waals surface area (Å²) in [5, 5.41) is 6.43. The van der Waals surface area contributed by atoms with Gasteiger partial charge in [0, 0.05) is 6.20 Å². The Morgan fingerprint density at radius 2 is 2.46 bits per heavy atom. The van der Waals surface area contributed by atoms with Crippen molar-refractivity contribution in [3.63, 3.8) is 0 Å². The molecule has 2 rings (SSSR count). The minimum absolute atomic E-state index is 0.0954. The number of amides is 1. The maximum Gasteiger partial charge on any atom is 0.270 e. The van der Waals surface area contributed by atoms with E-state index in [1.165, 1.54) is 6.26 Å². The molecule has 3 N–H and O–H groups in total. The van der Waals surface area contributed by atoms with E-state index in [9.17, 15) is 4.79 Å². The summed E-state index contributed by atoms with van der Waals surface area (Å²) in [5.74, 6) is -0.347. The lowest BCUT2D eigenvalue weighted by Gasteiger charge is -1.83. The molecule has 0 saturated heterocycles. The number of aromatic amines is 1. The van der Waals surface area contributed by atoms with E-state index in [0.717, 1.165) is 0 Å². The highest BCUT2D eigenvalue weighted by Crippen LogP contribution is 2.14. The van der Waals surface area contributed by atoms with E-state index in [1.54, 1.807) is 12.3 Å². The lowest BCUT2D eigenvalue weighted by atomic mass is 10.4. The number of rotatable bonds is 2. The average molecular weight is 178 g/mol. The molecule has 0 unspecified atom stereocenters. The first-order chi connectivity index (χ1) is 6.27. The second-order valence-corrected chi connectivity index (χ2v) is 2.36. The van der Waals surface area contributed by atoms with Crippen LogP contribution in [0.2, 0.25) is 0 Å². The second kappa shape index (κ2) is 2.74. The quantitative estimate of drug-likeness (QED) is 0.684. The number of hydrogen-bond donors (Lipinski definition) is 2. The molecule has 0 spiro atoms. The standard InChI is InChI=1S/C7H6N4O2/c8-6(12)5-3-13-7(10-5)4-1-2-9-11-4/h1-3H,(H2,8,12)(H,9,11). The van der Waals surface area contributed by atoms with E-state index in [1.807, 2.05) is 0 Å². The highest BCUT2D eigenvalue weighted by Gasteiger charge is 2.11. The highest BCUT2D eigenvalue weighted by molar-refractivity contribution is 5.90. The van der Waals surface area contributed by atoms with E-state index in [0.29, 0.717) is 5.69 Å². The zero-order chi connectivity index (χ0) is 9.26. The summed E-state index contributed by atoms with van der Waals surface area (Å²) in [5.41, 5.74) is 5.62. The molecule has 0 aromatic carbocycles. The molecule has 13 heavy (non-hydrogen) atoms. The minimum Gasteiger partial charge on any atom is -0.442 e. The first kappa shape index (κ1) is 7.53. The molecule has 0 fully saturated rings. The fraction of sp³-hybridized carbons (Fsp3) is 0. The zero-order valence-electron chi connectivity index (χ0n) is 6.52. The van der Waals surface area contributed by atoms with Crippen molar-refractivity contribution in [3.05, 3.63) is 24.2 Å². The Kier molecular flexibility index (Phi) is 1.59. The van der Waals surface area contributed by atoms with Crippen molar-refractivity contribution in [3.8, 4) is 11.6 Å². The summed E-state index contributed by atoms with van der Waals surface area (Å²) in [6.07, 6.45) is 2.83. The maximum atomic E-state index is 10.7. The number of carbonyl (C=O) groups is 1. The Labute approximate surface area is 72.8 Å². The fourth-order valence-corrected chi connectivity index (χ4v) is 0.884. The topological polar surface area (TPSA) is 97.8 Å². The number of aromatic nitrogens is 3. The molecular weight excluding hydrogens is 172 g/mol. The van der Waals surface area contributed by atoms with Gasteiger partial charge in [0.25, 0.3) is 5.91 Å². The predicted octanol–water partition coefficient (Wildman–Crippen LogP) is 0.164. The number of carbonyl (C=O) groups excluding carboxylic acids is 1. The van der Waals surface area contributed by atoms with Crippen molar-refractivity contribution >= 4 is 5.91 Å². The van der Waals surface area contributed by atoms with Gasteiger partial charge < -0.3 is 10.2 Å². The molecular formula is C7H6N4O2. The van der Waals surface area contributed by atoms with Crippen LogP contribution in [-0.4, -0.2) is 21.1 Å². The van der Waals surface area contributed by atoms with Gasteiger partial charge >= 0.3 is 0 Å². The van der Waals surface area contributed by atoms with Crippen molar-refractivity contribution in [2.24, 2.45) is 5.73 Å². The van der Waals surface area contributed by atoms with Gasteiger partial charge in [-0.05, 0) is 6.07 Å². The molecule has 0 radical (unpaired) electrons. The van der Waals surface area contributed by atoms with Gasteiger partial charge in [-0.25, -0.2) is 4.98 Å². The maximum absolute atomic E-state index is 10.7. The van der Waals surface area contributed by atoms with Crippen molar-refractivity contribution < 1.29 is 9.21 Å².